The zero-order valence-corrected chi connectivity index (χ0v) is 15.2. The van der Waals surface area contributed by atoms with Crippen molar-refractivity contribution in [1.82, 2.24) is 9.80 Å². The molecule has 0 radical (unpaired) electrons. The molecule has 130 valence electrons. The Kier molecular flexibility index (Phi) is 6.72. The fraction of sp³-hybridized carbons (Fsp3) is 0.684. The maximum Gasteiger partial charge on any atom is 0.142 e. The molecule has 1 aromatic rings. The fourth-order valence-corrected chi connectivity index (χ4v) is 3.27. The first-order chi connectivity index (χ1) is 11.0. The topological polar surface area (TPSA) is 41.7 Å². The standard InChI is InChI=1S/C19H33N3O/c1-15(2)23-19-8-7-16(14-18(19)20)6-5-11-22(4)17-9-12-21(3)13-10-17/h7-8,14-15,17H,5-6,9-13,20H2,1-4H3. The highest BCUT2D eigenvalue weighted by Gasteiger charge is 2.19. The Bertz CT molecular complexity index is 482. The van der Waals surface area contributed by atoms with Crippen molar-refractivity contribution >= 4 is 5.69 Å². The molecule has 1 heterocycles. The molecule has 23 heavy (non-hydrogen) atoms. The smallest absolute Gasteiger partial charge is 0.142 e. The molecule has 0 spiro atoms. The van der Waals surface area contributed by atoms with E-state index in [0.717, 1.165) is 30.4 Å². The zero-order chi connectivity index (χ0) is 16.8. The summed E-state index contributed by atoms with van der Waals surface area (Å²) in [5.74, 6) is 0.798. The van der Waals surface area contributed by atoms with Gasteiger partial charge in [0.1, 0.15) is 5.75 Å². The Morgan fingerprint density at radius 2 is 2.00 bits per heavy atom. The van der Waals surface area contributed by atoms with Gasteiger partial charge in [0.2, 0.25) is 0 Å². The first kappa shape index (κ1) is 18.1. The summed E-state index contributed by atoms with van der Waals surface area (Å²) in [5, 5.41) is 0. The van der Waals surface area contributed by atoms with Gasteiger partial charge in [-0.15, -0.1) is 0 Å². The lowest BCUT2D eigenvalue weighted by Gasteiger charge is -2.35. The van der Waals surface area contributed by atoms with Gasteiger partial charge in [0.05, 0.1) is 11.8 Å². The van der Waals surface area contributed by atoms with Gasteiger partial charge in [0.15, 0.2) is 0 Å². The molecule has 0 atom stereocenters. The number of piperidine rings is 1. The number of nitrogens with two attached hydrogens (primary N) is 1. The minimum absolute atomic E-state index is 0.159. The number of nitrogens with zero attached hydrogens (tertiary/aromatic N) is 2. The summed E-state index contributed by atoms with van der Waals surface area (Å²) in [6, 6.07) is 6.96. The summed E-state index contributed by atoms with van der Waals surface area (Å²) < 4.78 is 5.69. The van der Waals surface area contributed by atoms with Crippen LogP contribution < -0.4 is 10.5 Å². The normalized spacial score (nSPS) is 17.1. The summed E-state index contributed by atoms with van der Waals surface area (Å²) in [6.07, 6.45) is 4.99. The lowest BCUT2D eigenvalue weighted by molar-refractivity contribution is 0.143. The van der Waals surface area contributed by atoms with Crippen molar-refractivity contribution in [1.29, 1.82) is 0 Å². The van der Waals surface area contributed by atoms with Gasteiger partial charge in [-0.1, -0.05) is 6.07 Å². The number of benzene rings is 1. The van der Waals surface area contributed by atoms with Gasteiger partial charge in [-0.3, -0.25) is 0 Å². The van der Waals surface area contributed by atoms with Crippen molar-refractivity contribution in [2.45, 2.75) is 51.7 Å². The summed E-state index contributed by atoms with van der Waals surface area (Å²) in [7, 11) is 4.48. The third-order valence-corrected chi connectivity index (χ3v) is 4.72. The van der Waals surface area contributed by atoms with Crippen LogP contribution >= 0.6 is 0 Å². The van der Waals surface area contributed by atoms with E-state index in [1.807, 2.05) is 19.9 Å². The number of anilines is 1. The van der Waals surface area contributed by atoms with Crippen LogP contribution in [0.25, 0.3) is 0 Å². The van der Waals surface area contributed by atoms with Crippen LogP contribution in [0.4, 0.5) is 5.69 Å². The molecule has 0 bridgehead atoms. The van der Waals surface area contributed by atoms with E-state index in [4.69, 9.17) is 10.5 Å². The van der Waals surface area contributed by atoms with Crippen LogP contribution in [0.2, 0.25) is 0 Å². The van der Waals surface area contributed by atoms with Gasteiger partial charge >= 0.3 is 0 Å². The van der Waals surface area contributed by atoms with Crippen LogP contribution in [0.1, 0.15) is 38.7 Å². The molecule has 4 heteroatoms. The molecule has 0 aromatic heterocycles. The quantitative estimate of drug-likeness (QED) is 0.785. The van der Waals surface area contributed by atoms with E-state index in [0.29, 0.717) is 0 Å². The van der Waals surface area contributed by atoms with Crippen molar-refractivity contribution < 1.29 is 4.74 Å². The lowest BCUT2D eigenvalue weighted by atomic mass is 10.0. The van der Waals surface area contributed by atoms with E-state index in [9.17, 15) is 0 Å². The summed E-state index contributed by atoms with van der Waals surface area (Å²) in [5.41, 5.74) is 8.14. The number of ether oxygens (including phenoxy) is 1. The Morgan fingerprint density at radius 1 is 1.30 bits per heavy atom. The molecule has 4 nitrogen and oxygen atoms in total. The number of rotatable bonds is 7. The molecule has 0 amide bonds. The van der Waals surface area contributed by atoms with Crippen LogP contribution in [0.5, 0.6) is 5.75 Å². The maximum absolute atomic E-state index is 6.09. The Hall–Kier alpha value is -1.26. The van der Waals surface area contributed by atoms with Gasteiger partial charge in [0, 0.05) is 6.04 Å². The summed E-state index contributed by atoms with van der Waals surface area (Å²) in [4.78, 5) is 4.96. The van der Waals surface area contributed by atoms with Crippen molar-refractivity contribution in [2.24, 2.45) is 0 Å². The highest BCUT2D eigenvalue weighted by atomic mass is 16.5. The van der Waals surface area contributed by atoms with Crippen LogP contribution in [-0.2, 0) is 6.42 Å². The first-order valence-electron chi connectivity index (χ1n) is 8.89. The van der Waals surface area contributed by atoms with Crippen LogP contribution in [-0.4, -0.2) is 55.7 Å². The first-order valence-corrected chi connectivity index (χ1v) is 8.89. The van der Waals surface area contributed by atoms with Gasteiger partial charge in [0.25, 0.3) is 0 Å². The van der Waals surface area contributed by atoms with Gasteiger partial charge in [-0.2, -0.15) is 0 Å². The molecule has 1 aromatic carbocycles. The largest absolute Gasteiger partial charge is 0.489 e. The molecule has 1 saturated heterocycles. The van der Waals surface area contributed by atoms with Crippen LogP contribution in [0, 0.1) is 0 Å². The van der Waals surface area contributed by atoms with E-state index in [1.165, 1.54) is 37.9 Å². The number of likely N-dealkylation sites (tertiary alicyclic amines) is 1. The molecular formula is C19H33N3O. The molecule has 1 fully saturated rings. The van der Waals surface area contributed by atoms with Crippen molar-refractivity contribution in [3.8, 4) is 5.75 Å². The predicted molar refractivity (Wildman–Crippen MR) is 98.1 cm³/mol. The summed E-state index contributed by atoms with van der Waals surface area (Å²) >= 11 is 0. The third-order valence-electron chi connectivity index (χ3n) is 4.72. The lowest BCUT2D eigenvalue weighted by Crippen LogP contribution is -2.42. The molecule has 0 saturated carbocycles. The fourth-order valence-electron chi connectivity index (χ4n) is 3.27. The molecule has 2 N–H and O–H groups in total. The van der Waals surface area contributed by atoms with Gasteiger partial charge in [-0.25, -0.2) is 0 Å². The molecule has 1 aliphatic heterocycles. The second-order valence-electron chi connectivity index (χ2n) is 7.16. The third kappa shape index (κ3) is 5.70. The van der Waals surface area contributed by atoms with Crippen molar-refractivity contribution in [2.75, 3.05) is 39.5 Å². The average molecular weight is 319 g/mol. The van der Waals surface area contributed by atoms with E-state index in [2.05, 4.69) is 36.0 Å². The summed E-state index contributed by atoms with van der Waals surface area (Å²) in [6.45, 7) is 7.64. The molecule has 0 aliphatic carbocycles. The minimum atomic E-state index is 0.159. The number of nitrogen functional groups attached to an aromatic ring is 1. The number of hydrogen-bond acceptors (Lipinski definition) is 4. The minimum Gasteiger partial charge on any atom is -0.489 e. The van der Waals surface area contributed by atoms with E-state index in [-0.39, 0.29) is 6.10 Å². The molecular weight excluding hydrogens is 286 g/mol. The van der Waals surface area contributed by atoms with E-state index < -0.39 is 0 Å². The zero-order valence-electron chi connectivity index (χ0n) is 15.2. The monoisotopic (exact) mass is 319 g/mol. The van der Waals surface area contributed by atoms with Gasteiger partial charge in [-0.05, 0) is 91.0 Å². The van der Waals surface area contributed by atoms with E-state index >= 15 is 0 Å². The van der Waals surface area contributed by atoms with Crippen LogP contribution in [0.3, 0.4) is 0 Å². The second-order valence-corrected chi connectivity index (χ2v) is 7.16. The van der Waals surface area contributed by atoms with Crippen LogP contribution in [0.15, 0.2) is 18.2 Å². The SMILES string of the molecule is CC(C)Oc1ccc(CCCN(C)C2CCN(C)CC2)cc1N. The van der Waals surface area contributed by atoms with Gasteiger partial charge < -0.3 is 20.3 Å². The van der Waals surface area contributed by atoms with E-state index in [1.54, 1.807) is 0 Å². The second kappa shape index (κ2) is 8.55. The number of hydrogen-bond donors (Lipinski definition) is 1. The molecule has 1 aliphatic rings. The van der Waals surface area contributed by atoms with Crippen molar-refractivity contribution in [3.05, 3.63) is 23.8 Å². The molecule has 0 unspecified atom stereocenters. The Morgan fingerprint density at radius 3 is 2.61 bits per heavy atom. The average Bonchev–Trinajstić information content (AvgIpc) is 2.50. The predicted octanol–water partition coefficient (Wildman–Crippen LogP) is 3.01. The highest BCUT2D eigenvalue weighted by Crippen LogP contribution is 2.24. The number of aryl methyl sites for hydroxylation is 1. The highest BCUT2D eigenvalue weighted by molar-refractivity contribution is 5.54. The Labute approximate surface area is 141 Å². The maximum atomic E-state index is 6.09. The molecule has 2 rings (SSSR count). The Balaban J connectivity index is 1.76. The van der Waals surface area contributed by atoms with Crippen molar-refractivity contribution in [3.63, 3.8) is 0 Å².